The Bertz CT molecular complexity index is 798. The summed E-state index contributed by atoms with van der Waals surface area (Å²) in [5, 5.41) is 10.8. The molecule has 2 heterocycles. The second kappa shape index (κ2) is 7.21. The third-order valence-electron chi connectivity index (χ3n) is 3.07. The minimum Gasteiger partial charge on any atom is -0.378 e. The van der Waals surface area contributed by atoms with E-state index in [1.54, 1.807) is 0 Å². The summed E-state index contributed by atoms with van der Waals surface area (Å²) in [4.78, 5) is 24.9. The van der Waals surface area contributed by atoms with Gasteiger partial charge in [0.2, 0.25) is 5.82 Å². The zero-order valence-electron chi connectivity index (χ0n) is 12.9. The van der Waals surface area contributed by atoms with Crippen LogP contribution in [0.5, 0.6) is 0 Å². The summed E-state index contributed by atoms with van der Waals surface area (Å²) in [5.74, 6) is -2.28. The summed E-state index contributed by atoms with van der Waals surface area (Å²) in [5.41, 5.74) is 7.20. The Kier molecular flexibility index (Phi) is 5.41. The molecule has 0 fully saturated rings. The Morgan fingerprint density at radius 2 is 2.19 bits per heavy atom. The molecule has 13 heteroatoms. The van der Waals surface area contributed by atoms with Gasteiger partial charge in [-0.2, -0.15) is 13.2 Å². The molecule has 1 aromatic rings. The SMILES string of the molecule is C=CCOC1SC(C(N)=O)=C(C(F)(F)F)N1c1ccc([N+](=O)[O-])c(N)n1. The van der Waals surface area contributed by atoms with Crippen molar-refractivity contribution in [1.82, 2.24) is 4.98 Å². The van der Waals surface area contributed by atoms with E-state index in [-0.39, 0.29) is 6.61 Å². The number of hydrogen-bond donors (Lipinski definition) is 2. The normalized spacial score (nSPS) is 17.5. The van der Waals surface area contributed by atoms with Gasteiger partial charge in [0, 0.05) is 6.07 Å². The van der Waals surface area contributed by atoms with E-state index in [1.807, 2.05) is 0 Å². The van der Waals surface area contributed by atoms with Gasteiger partial charge in [-0.15, -0.1) is 6.58 Å². The number of nitro groups is 1. The molecule has 2 rings (SSSR count). The van der Waals surface area contributed by atoms with E-state index >= 15 is 0 Å². The van der Waals surface area contributed by atoms with Crippen molar-refractivity contribution < 1.29 is 27.6 Å². The van der Waals surface area contributed by atoms with E-state index in [0.717, 1.165) is 12.1 Å². The number of hydrogen-bond acceptors (Lipinski definition) is 8. The number of pyridine rings is 1. The molecule has 1 amide bonds. The minimum atomic E-state index is -4.97. The van der Waals surface area contributed by atoms with Crippen LogP contribution in [0.25, 0.3) is 0 Å². The van der Waals surface area contributed by atoms with E-state index < -0.39 is 50.5 Å². The predicted molar refractivity (Wildman–Crippen MR) is 87.6 cm³/mol. The number of nitrogens with zero attached hydrogens (tertiary/aromatic N) is 3. The van der Waals surface area contributed by atoms with Crippen molar-refractivity contribution >= 4 is 35.0 Å². The van der Waals surface area contributed by atoms with Crippen molar-refractivity contribution in [2.75, 3.05) is 17.2 Å². The molecular formula is C13H12F3N5O4S. The highest BCUT2D eigenvalue weighted by atomic mass is 32.2. The lowest BCUT2D eigenvalue weighted by molar-refractivity contribution is -0.384. The molecule has 0 saturated heterocycles. The zero-order chi connectivity index (χ0) is 19.6. The van der Waals surface area contributed by atoms with Gasteiger partial charge in [0.05, 0.1) is 11.5 Å². The maximum absolute atomic E-state index is 13.5. The second-order valence-electron chi connectivity index (χ2n) is 4.79. The van der Waals surface area contributed by atoms with Gasteiger partial charge >= 0.3 is 11.9 Å². The van der Waals surface area contributed by atoms with Gasteiger partial charge in [-0.05, 0) is 6.07 Å². The van der Waals surface area contributed by atoms with Crippen LogP contribution in [0.1, 0.15) is 0 Å². The largest absolute Gasteiger partial charge is 0.432 e. The van der Waals surface area contributed by atoms with Gasteiger partial charge in [0.1, 0.15) is 16.4 Å². The first-order valence-corrected chi connectivity index (χ1v) is 7.66. The van der Waals surface area contributed by atoms with Crippen LogP contribution in [-0.2, 0) is 9.53 Å². The molecule has 26 heavy (non-hydrogen) atoms. The van der Waals surface area contributed by atoms with E-state index in [9.17, 15) is 28.1 Å². The van der Waals surface area contributed by atoms with Gasteiger partial charge in [-0.1, -0.05) is 17.8 Å². The molecule has 140 valence electrons. The second-order valence-corrected chi connectivity index (χ2v) is 5.83. The Hall–Kier alpha value is -2.80. The number of aromatic nitrogens is 1. The average Bonchev–Trinajstić information content (AvgIpc) is 2.92. The molecule has 1 atom stereocenters. The number of ether oxygens (including phenoxy) is 1. The van der Waals surface area contributed by atoms with Gasteiger partial charge in [-0.25, -0.2) is 4.98 Å². The number of halogens is 3. The van der Waals surface area contributed by atoms with Gasteiger partial charge in [-0.3, -0.25) is 19.8 Å². The Morgan fingerprint density at radius 3 is 2.65 bits per heavy atom. The number of alkyl halides is 3. The van der Waals surface area contributed by atoms with Crippen molar-refractivity contribution in [1.29, 1.82) is 0 Å². The third-order valence-corrected chi connectivity index (χ3v) is 4.24. The molecule has 0 aromatic carbocycles. The molecule has 9 nitrogen and oxygen atoms in total. The number of nitrogen functional groups attached to an aromatic ring is 1. The van der Waals surface area contributed by atoms with Crippen molar-refractivity contribution in [3.8, 4) is 0 Å². The molecule has 1 aromatic heterocycles. The highest BCUT2D eigenvalue weighted by molar-refractivity contribution is 8.04. The van der Waals surface area contributed by atoms with Crippen LogP contribution in [0.2, 0.25) is 0 Å². The number of allylic oxidation sites excluding steroid dienone is 1. The Morgan fingerprint density at radius 1 is 1.54 bits per heavy atom. The van der Waals surface area contributed by atoms with E-state index in [0.29, 0.717) is 16.7 Å². The highest BCUT2D eigenvalue weighted by Crippen LogP contribution is 2.47. The van der Waals surface area contributed by atoms with Crippen molar-refractivity contribution in [3.05, 3.63) is 45.5 Å². The monoisotopic (exact) mass is 391 g/mol. The van der Waals surface area contributed by atoms with Crippen LogP contribution in [0, 0.1) is 10.1 Å². The topological polar surface area (TPSA) is 138 Å². The van der Waals surface area contributed by atoms with E-state index in [2.05, 4.69) is 11.6 Å². The van der Waals surface area contributed by atoms with Gasteiger partial charge in [0.25, 0.3) is 5.91 Å². The molecule has 0 spiro atoms. The quantitative estimate of drug-likeness (QED) is 0.426. The number of carbonyl (C=O) groups is 1. The highest BCUT2D eigenvalue weighted by Gasteiger charge is 2.50. The van der Waals surface area contributed by atoms with E-state index in [4.69, 9.17) is 16.2 Å². The number of primary amides is 1. The van der Waals surface area contributed by atoms with Crippen molar-refractivity contribution in [2.24, 2.45) is 5.73 Å². The zero-order valence-corrected chi connectivity index (χ0v) is 13.7. The van der Waals surface area contributed by atoms with Crippen LogP contribution in [0.4, 0.5) is 30.5 Å². The fourth-order valence-electron chi connectivity index (χ4n) is 2.09. The molecule has 1 aliphatic heterocycles. The first-order valence-electron chi connectivity index (χ1n) is 6.78. The molecule has 0 saturated carbocycles. The minimum absolute atomic E-state index is 0.131. The summed E-state index contributed by atoms with van der Waals surface area (Å²) in [6.45, 7) is 3.26. The Labute approximate surface area is 148 Å². The number of nitrogens with two attached hydrogens (primary N) is 2. The Balaban J connectivity index is 2.60. The number of rotatable bonds is 6. The number of carbonyl (C=O) groups excluding carboxylic acids is 1. The fourth-order valence-corrected chi connectivity index (χ4v) is 3.20. The van der Waals surface area contributed by atoms with Gasteiger partial charge < -0.3 is 16.2 Å². The number of amides is 1. The van der Waals surface area contributed by atoms with Gasteiger partial charge in [0.15, 0.2) is 5.56 Å². The van der Waals surface area contributed by atoms with Crippen LogP contribution in [0.3, 0.4) is 0 Å². The molecule has 0 radical (unpaired) electrons. The third kappa shape index (κ3) is 3.72. The van der Waals surface area contributed by atoms with E-state index in [1.165, 1.54) is 6.08 Å². The number of thioether (sulfide) groups is 1. The van der Waals surface area contributed by atoms with Crippen LogP contribution >= 0.6 is 11.8 Å². The summed E-state index contributed by atoms with van der Waals surface area (Å²) in [7, 11) is 0. The molecule has 0 aliphatic carbocycles. The molecule has 4 N–H and O–H groups in total. The van der Waals surface area contributed by atoms with Crippen LogP contribution < -0.4 is 16.4 Å². The van der Waals surface area contributed by atoms with Crippen LogP contribution in [0.15, 0.2) is 35.4 Å². The predicted octanol–water partition coefficient (Wildman–Crippen LogP) is 1.87. The molecule has 1 unspecified atom stereocenters. The molecule has 1 aliphatic rings. The summed E-state index contributed by atoms with van der Waals surface area (Å²) < 4.78 is 45.9. The maximum atomic E-state index is 13.5. The average molecular weight is 391 g/mol. The maximum Gasteiger partial charge on any atom is 0.432 e. The lowest BCUT2D eigenvalue weighted by atomic mass is 10.3. The lowest BCUT2D eigenvalue weighted by Gasteiger charge is -2.28. The smallest absolute Gasteiger partial charge is 0.378 e. The summed E-state index contributed by atoms with van der Waals surface area (Å²) >= 11 is 0.439. The summed E-state index contributed by atoms with van der Waals surface area (Å²) in [6, 6.07) is 1.87. The first-order chi connectivity index (χ1) is 12.1. The number of anilines is 2. The molecule has 0 bridgehead atoms. The molecular weight excluding hydrogens is 379 g/mol. The fraction of sp³-hybridized carbons (Fsp3) is 0.231. The first kappa shape index (κ1) is 19.5. The summed E-state index contributed by atoms with van der Waals surface area (Å²) in [6.07, 6.45) is -3.67. The van der Waals surface area contributed by atoms with Crippen molar-refractivity contribution in [3.63, 3.8) is 0 Å². The standard InChI is InChI=1S/C13H12F3N5O4S/c1-2-5-25-12-20(7-4-3-6(21(23)24)10(17)19-7)9(13(14,15)16)8(26-12)11(18)22/h2-4,12H,1,5H2,(H2,17,19)(H2,18,22). The lowest BCUT2D eigenvalue weighted by Crippen LogP contribution is -2.37. The van der Waals surface area contributed by atoms with Crippen molar-refractivity contribution in [2.45, 2.75) is 11.7 Å². The van der Waals surface area contributed by atoms with Crippen LogP contribution in [-0.4, -0.2) is 34.2 Å².